The third-order valence-corrected chi connectivity index (χ3v) is 4.77. The average Bonchev–Trinajstić information content (AvgIpc) is 3.11. The molecular formula is C22H18N2O3. The summed E-state index contributed by atoms with van der Waals surface area (Å²) in [5.41, 5.74) is 2.05. The maximum absolute atomic E-state index is 12.5. The SMILES string of the molecule is O=C(NC[C@H](C(=O)O)c1c[nH]c2ccccc12)c1ccc2ccccc2c1. The van der Waals surface area contributed by atoms with Gasteiger partial charge in [0.2, 0.25) is 0 Å². The van der Waals surface area contributed by atoms with E-state index < -0.39 is 11.9 Å². The minimum atomic E-state index is -0.974. The molecule has 0 unspecified atom stereocenters. The molecule has 5 nitrogen and oxygen atoms in total. The number of fused-ring (bicyclic) bond motifs is 2. The third-order valence-electron chi connectivity index (χ3n) is 4.77. The van der Waals surface area contributed by atoms with Crippen LogP contribution in [0, 0.1) is 0 Å². The molecule has 1 atom stereocenters. The first-order valence-corrected chi connectivity index (χ1v) is 8.69. The fourth-order valence-electron chi connectivity index (χ4n) is 3.34. The van der Waals surface area contributed by atoms with E-state index in [1.807, 2.05) is 60.7 Å². The van der Waals surface area contributed by atoms with Crippen molar-refractivity contribution in [3.05, 3.63) is 84.1 Å². The first-order valence-electron chi connectivity index (χ1n) is 8.69. The highest BCUT2D eigenvalue weighted by Crippen LogP contribution is 2.25. The Morgan fingerprint density at radius 3 is 2.52 bits per heavy atom. The van der Waals surface area contributed by atoms with Crippen molar-refractivity contribution in [2.45, 2.75) is 5.92 Å². The van der Waals surface area contributed by atoms with E-state index in [2.05, 4.69) is 10.3 Å². The van der Waals surface area contributed by atoms with Gasteiger partial charge in [0.1, 0.15) is 5.92 Å². The smallest absolute Gasteiger partial charge is 0.312 e. The second kappa shape index (κ2) is 6.96. The first kappa shape index (κ1) is 16.8. The van der Waals surface area contributed by atoms with Crippen LogP contribution in [-0.2, 0) is 4.79 Å². The zero-order valence-electron chi connectivity index (χ0n) is 14.5. The molecule has 27 heavy (non-hydrogen) atoms. The van der Waals surface area contributed by atoms with E-state index in [1.54, 1.807) is 12.3 Å². The summed E-state index contributed by atoms with van der Waals surface area (Å²) >= 11 is 0. The van der Waals surface area contributed by atoms with Crippen molar-refractivity contribution >= 4 is 33.6 Å². The average molecular weight is 358 g/mol. The minimum absolute atomic E-state index is 0.0167. The van der Waals surface area contributed by atoms with Gasteiger partial charge >= 0.3 is 5.97 Å². The van der Waals surface area contributed by atoms with Crippen molar-refractivity contribution in [3.8, 4) is 0 Å². The number of carbonyl (C=O) groups excluding carboxylic acids is 1. The van der Waals surface area contributed by atoms with Crippen LogP contribution in [0.1, 0.15) is 21.8 Å². The summed E-state index contributed by atoms with van der Waals surface area (Å²) in [6.07, 6.45) is 1.70. The number of carbonyl (C=O) groups is 2. The Morgan fingerprint density at radius 1 is 0.963 bits per heavy atom. The number of hydrogen-bond donors (Lipinski definition) is 3. The maximum Gasteiger partial charge on any atom is 0.312 e. The molecule has 0 saturated heterocycles. The normalized spacial score (nSPS) is 12.1. The number of hydrogen-bond acceptors (Lipinski definition) is 2. The predicted octanol–water partition coefficient (Wildman–Crippen LogP) is 3.92. The van der Waals surface area contributed by atoms with E-state index in [0.717, 1.165) is 21.7 Å². The largest absolute Gasteiger partial charge is 0.481 e. The summed E-state index contributed by atoms with van der Waals surface area (Å²) in [5, 5.41) is 15.3. The Bertz CT molecular complexity index is 1150. The van der Waals surface area contributed by atoms with Gasteiger partial charge in [-0.3, -0.25) is 9.59 Å². The standard InChI is InChI=1S/C22H18N2O3/c25-21(16-10-9-14-5-1-2-6-15(14)11-16)24-13-19(22(26)27)18-12-23-20-8-4-3-7-17(18)20/h1-12,19,23H,13H2,(H,24,25)(H,26,27)/t19-/m0/s1. The lowest BCUT2D eigenvalue weighted by molar-refractivity contribution is -0.138. The van der Waals surface area contributed by atoms with E-state index in [0.29, 0.717) is 11.1 Å². The van der Waals surface area contributed by atoms with Crippen LogP contribution in [0.5, 0.6) is 0 Å². The molecular weight excluding hydrogens is 340 g/mol. The van der Waals surface area contributed by atoms with Gasteiger partial charge in [0, 0.05) is 29.2 Å². The number of benzene rings is 3. The van der Waals surface area contributed by atoms with Crippen LogP contribution in [0.25, 0.3) is 21.7 Å². The number of rotatable bonds is 5. The van der Waals surface area contributed by atoms with Crippen LogP contribution < -0.4 is 5.32 Å². The molecule has 0 aliphatic rings. The lowest BCUT2D eigenvalue weighted by Crippen LogP contribution is -2.31. The quantitative estimate of drug-likeness (QED) is 0.506. The topological polar surface area (TPSA) is 82.2 Å². The number of para-hydroxylation sites is 1. The number of aromatic nitrogens is 1. The van der Waals surface area contributed by atoms with Gasteiger partial charge in [0.05, 0.1) is 0 Å². The highest BCUT2D eigenvalue weighted by atomic mass is 16.4. The molecule has 5 heteroatoms. The minimum Gasteiger partial charge on any atom is -0.481 e. The van der Waals surface area contributed by atoms with Gasteiger partial charge in [-0.15, -0.1) is 0 Å². The Labute approximate surface area is 155 Å². The highest BCUT2D eigenvalue weighted by Gasteiger charge is 2.24. The van der Waals surface area contributed by atoms with Gasteiger partial charge in [-0.25, -0.2) is 0 Å². The van der Waals surface area contributed by atoms with Gasteiger partial charge in [-0.2, -0.15) is 0 Å². The van der Waals surface area contributed by atoms with Crippen molar-refractivity contribution in [1.29, 1.82) is 0 Å². The zero-order chi connectivity index (χ0) is 18.8. The van der Waals surface area contributed by atoms with Crippen molar-refractivity contribution in [3.63, 3.8) is 0 Å². The summed E-state index contributed by atoms with van der Waals surface area (Å²) in [6.45, 7) is 0.0167. The maximum atomic E-state index is 12.5. The van der Waals surface area contributed by atoms with Crippen molar-refractivity contribution in [2.24, 2.45) is 0 Å². The lowest BCUT2D eigenvalue weighted by atomic mass is 9.98. The molecule has 0 aliphatic carbocycles. The van der Waals surface area contributed by atoms with Gasteiger partial charge in [0.15, 0.2) is 0 Å². The van der Waals surface area contributed by atoms with Gasteiger partial charge in [-0.05, 0) is 34.5 Å². The second-order valence-electron chi connectivity index (χ2n) is 6.45. The Balaban J connectivity index is 1.55. The summed E-state index contributed by atoms with van der Waals surface area (Å²) in [7, 11) is 0. The second-order valence-corrected chi connectivity index (χ2v) is 6.45. The number of aliphatic carboxylic acids is 1. The number of H-pyrrole nitrogens is 1. The van der Waals surface area contributed by atoms with Crippen LogP contribution in [0.2, 0.25) is 0 Å². The molecule has 0 radical (unpaired) electrons. The predicted molar refractivity (Wildman–Crippen MR) is 105 cm³/mol. The van der Waals surface area contributed by atoms with Crippen molar-refractivity contribution in [2.75, 3.05) is 6.54 Å². The van der Waals surface area contributed by atoms with E-state index in [-0.39, 0.29) is 12.5 Å². The molecule has 3 aromatic carbocycles. The number of carboxylic acids is 1. The molecule has 1 aromatic heterocycles. The molecule has 0 aliphatic heterocycles. The molecule has 3 N–H and O–H groups in total. The van der Waals surface area contributed by atoms with E-state index in [9.17, 15) is 14.7 Å². The molecule has 0 spiro atoms. The molecule has 0 saturated carbocycles. The zero-order valence-corrected chi connectivity index (χ0v) is 14.5. The summed E-state index contributed by atoms with van der Waals surface area (Å²) in [6, 6.07) is 20.8. The summed E-state index contributed by atoms with van der Waals surface area (Å²) < 4.78 is 0. The highest BCUT2D eigenvalue weighted by molar-refractivity contribution is 5.99. The fraction of sp³-hybridized carbons (Fsp3) is 0.0909. The molecule has 0 fully saturated rings. The number of nitrogens with one attached hydrogen (secondary N) is 2. The molecule has 1 amide bonds. The number of amides is 1. The number of aromatic amines is 1. The first-order chi connectivity index (χ1) is 13.1. The molecule has 4 aromatic rings. The van der Waals surface area contributed by atoms with Crippen molar-refractivity contribution < 1.29 is 14.7 Å². The molecule has 134 valence electrons. The Morgan fingerprint density at radius 2 is 1.70 bits per heavy atom. The summed E-state index contributed by atoms with van der Waals surface area (Å²) in [4.78, 5) is 27.4. The van der Waals surface area contributed by atoms with E-state index in [1.165, 1.54) is 0 Å². The van der Waals surface area contributed by atoms with Crippen LogP contribution in [0.4, 0.5) is 0 Å². The van der Waals surface area contributed by atoms with Gasteiger partial charge in [0.25, 0.3) is 5.91 Å². The fourth-order valence-corrected chi connectivity index (χ4v) is 3.34. The van der Waals surface area contributed by atoms with E-state index >= 15 is 0 Å². The van der Waals surface area contributed by atoms with Crippen LogP contribution >= 0.6 is 0 Å². The Hall–Kier alpha value is -3.60. The van der Waals surface area contributed by atoms with Crippen LogP contribution in [-0.4, -0.2) is 28.5 Å². The molecule has 1 heterocycles. The van der Waals surface area contributed by atoms with Crippen molar-refractivity contribution in [1.82, 2.24) is 10.3 Å². The van der Waals surface area contributed by atoms with E-state index in [4.69, 9.17) is 0 Å². The molecule has 4 rings (SSSR count). The Kier molecular flexibility index (Phi) is 4.34. The molecule has 0 bridgehead atoms. The van der Waals surface area contributed by atoms with Crippen LogP contribution in [0.15, 0.2) is 72.9 Å². The number of carboxylic acid groups (broad SMARTS) is 1. The third kappa shape index (κ3) is 3.27. The van der Waals surface area contributed by atoms with Crippen LogP contribution in [0.3, 0.4) is 0 Å². The monoisotopic (exact) mass is 358 g/mol. The summed E-state index contributed by atoms with van der Waals surface area (Å²) in [5.74, 6) is -2.09. The lowest BCUT2D eigenvalue weighted by Gasteiger charge is -2.13. The van der Waals surface area contributed by atoms with Gasteiger partial charge in [-0.1, -0.05) is 48.5 Å². The van der Waals surface area contributed by atoms with Gasteiger partial charge < -0.3 is 15.4 Å².